The highest BCUT2D eigenvalue weighted by Crippen LogP contribution is 2.45. The van der Waals surface area contributed by atoms with Crippen LogP contribution >= 0.6 is 0 Å². The Morgan fingerprint density at radius 1 is 1.28 bits per heavy atom. The van der Waals surface area contributed by atoms with Crippen molar-refractivity contribution in [3.8, 4) is 11.5 Å². The average molecular weight is 439 g/mol. The number of rotatable bonds is 8. The van der Waals surface area contributed by atoms with E-state index in [0.717, 1.165) is 0 Å². The molecule has 0 fully saturated rings. The lowest BCUT2D eigenvalue weighted by molar-refractivity contribution is -0.136. The molecule has 1 aromatic carbocycles. The fourth-order valence-electron chi connectivity index (χ4n) is 3.34. The van der Waals surface area contributed by atoms with Gasteiger partial charge < -0.3 is 14.6 Å². The fourth-order valence-corrected chi connectivity index (χ4v) is 4.64. The Kier molecular flexibility index (Phi) is 7.12. The van der Waals surface area contributed by atoms with Crippen LogP contribution in [0, 0.1) is 0 Å². The summed E-state index contributed by atoms with van der Waals surface area (Å²) in [6, 6.07) is 3.77. The van der Waals surface area contributed by atoms with Crippen molar-refractivity contribution in [3.05, 3.63) is 23.8 Å². The summed E-state index contributed by atoms with van der Waals surface area (Å²) in [6.07, 6.45) is -6.54. The predicted molar refractivity (Wildman–Crippen MR) is 103 cm³/mol. The van der Waals surface area contributed by atoms with Crippen LogP contribution in [0.3, 0.4) is 0 Å². The third-order valence-electron chi connectivity index (χ3n) is 4.90. The Hall–Kier alpha value is -1.52. The van der Waals surface area contributed by atoms with Crippen molar-refractivity contribution in [2.75, 3.05) is 18.9 Å². The van der Waals surface area contributed by atoms with Gasteiger partial charge in [-0.25, -0.2) is 8.42 Å². The third kappa shape index (κ3) is 5.55. The van der Waals surface area contributed by atoms with Crippen LogP contribution in [0.2, 0.25) is 0 Å². The van der Waals surface area contributed by atoms with Crippen molar-refractivity contribution in [3.63, 3.8) is 0 Å². The molecule has 0 amide bonds. The maximum atomic E-state index is 12.6. The van der Waals surface area contributed by atoms with Gasteiger partial charge in [0.15, 0.2) is 0 Å². The van der Waals surface area contributed by atoms with E-state index < -0.39 is 40.4 Å². The molecule has 2 rings (SSSR count). The zero-order chi connectivity index (χ0) is 22.0. The lowest BCUT2D eigenvalue weighted by Gasteiger charge is -2.45. The molecule has 1 N–H and O–H groups in total. The molecule has 1 aliphatic heterocycles. The number of fused-ring (bicyclic) bond motifs is 1. The normalized spacial score (nSPS) is 21.6. The first kappa shape index (κ1) is 23.8. The first-order chi connectivity index (χ1) is 13.3. The minimum Gasteiger partial charge on any atom is -0.494 e. The van der Waals surface area contributed by atoms with Crippen molar-refractivity contribution < 1.29 is 36.2 Å². The molecule has 0 radical (unpaired) electrons. The molecular formula is C19H28F3NO5S. The highest BCUT2D eigenvalue weighted by Gasteiger charge is 2.47. The van der Waals surface area contributed by atoms with Crippen molar-refractivity contribution in [2.45, 2.75) is 64.5 Å². The summed E-state index contributed by atoms with van der Waals surface area (Å²) in [6.45, 7) is 6.55. The molecular weight excluding hydrogens is 411 g/mol. The Balaban J connectivity index is 2.36. The number of halogens is 3. The fraction of sp³-hybridized carbons (Fsp3) is 0.684. The van der Waals surface area contributed by atoms with Crippen LogP contribution in [0.5, 0.6) is 11.5 Å². The lowest BCUT2D eigenvalue weighted by atomic mass is 9.86. The highest BCUT2D eigenvalue weighted by atomic mass is 32.2. The quantitative estimate of drug-likeness (QED) is 0.626. The van der Waals surface area contributed by atoms with Gasteiger partial charge in [0.1, 0.15) is 23.2 Å². The number of aliphatic hydroxyl groups excluding tert-OH is 1. The number of hydrogen-bond acceptors (Lipinski definition) is 5. The van der Waals surface area contributed by atoms with E-state index in [0.29, 0.717) is 11.3 Å². The molecule has 0 saturated heterocycles. The summed E-state index contributed by atoms with van der Waals surface area (Å²) in [5.41, 5.74) is -0.618. The van der Waals surface area contributed by atoms with E-state index in [9.17, 15) is 26.7 Å². The number of aliphatic hydroxyl groups is 1. The first-order valence-corrected chi connectivity index (χ1v) is 11.1. The summed E-state index contributed by atoms with van der Waals surface area (Å²) < 4.78 is 74.6. The number of ether oxygens (including phenoxy) is 2. The zero-order valence-corrected chi connectivity index (χ0v) is 17.8. The molecule has 10 heteroatoms. The van der Waals surface area contributed by atoms with Crippen LogP contribution in [-0.4, -0.2) is 54.6 Å². The molecule has 2 atom stereocenters. The SMILES string of the molecule is CCN([C@@H]1c2cc(OCCCC(F)(F)F)ccc2OC(C)(C)[C@H]1O)S(=O)(=O)CC. The van der Waals surface area contributed by atoms with Gasteiger partial charge in [0.25, 0.3) is 0 Å². The summed E-state index contributed by atoms with van der Waals surface area (Å²) in [4.78, 5) is 0. The third-order valence-corrected chi connectivity index (χ3v) is 6.83. The molecule has 0 aliphatic carbocycles. The topological polar surface area (TPSA) is 76.1 Å². The van der Waals surface area contributed by atoms with E-state index in [4.69, 9.17) is 9.47 Å². The summed E-state index contributed by atoms with van der Waals surface area (Å²) in [5, 5.41) is 10.9. The van der Waals surface area contributed by atoms with E-state index in [1.807, 2.05) is 0 Å². The highest BCUT2D eigenvalue weighted by molar-refractivity contribution is 7.89. The van der Waals surface area contributed by atoms with Gasteiger partial charge in [0.05, 0.1) is 18.4 Å². The zero-order valence-electron chi connectivity index (χ0n) is 17.0. The van der Waals surface area contributed by atoms with Gasteiger partial charge in [0.2, 0.25) is 10.0 Å². The number of alkyl halides is 3. The van der Waals surface area contributed by atoms with Crippen LogP contribution in [0.25, 0.3) is 0 Å². The van der Waals surface area contributed by atoms with Crippen molar-refractivity contribution in [1.29, 1.82) is 0 Å². The number of sulfonamides is 1. The van der Waals surface area contributed by atoms with Gasteiger partial charge in [-0.1, -0.05) is 6.92 Å². The predicted octanol–water partition coefficient (Wildman–Crippen LogP) is 3.65. The molecule has 1 aromatic rings. The Morgan fingerprint density at radius 2 is 1.93 bits per heavy atom. The van der Waals surface area contributed by atoms with Crippen molar-refractivity contribution in [1.82, 2.24) is 4.31 Å². The van der Waals surface area contributed by atoms with Gasteiger partial charge in [0, 0.05) is 18.5 Å². The second-order valence-corrected chi connectivity index (χ2v) is 9.68. The Morgan fingerprint density at radius 3 is 2.48 bits per heavy atom. The van der Waals surface area contributed by atoms with Crippen molar-refractivity contribution in [2.24, 2.45) is 0 Å². The van der Waals surface area contributed by atoms with Gasteiger partial charge in [-0.15, -0.1) is 0 Å². The number of nitrogens with zero attached hydrogens (tertiary/aromatic N) is 1. The molecule has 6 nitrogen and oxygen atoms in total. The maximum Gasteiger partial charge on any atom is 0.389 e. The number of hydrogen-bond donors (Lipinski definition) is 1. The molecule has 166 valence electrons. The molecule has 0 unspecified atom stereocenters. The van der Waals surface area contributed by atoms with Gasteiger partial charge in [-0.3, -0.25) is 0 Å². The number of likely N-dealkylation sites (N-methyl/N-ethyl adjacent to an activating group) is 1. The summed E-state index contributed by atoms with van der Waals surface area (Å²) >= 11 is 0. The van der Waals surface area contributed by atoms with E-state index in [-0.39, 0.29) is 31.1 Å². The van der Waals surface area contributed by atoms with Crippen LogP contribution < -0.4 is 9.47 Å². The standard InChI is InChI=1S/C19H28F3NO5S/c1-5-23(29(25,26)6-2)16-14-12-13(27-11-7-10-19(20,21)22)8-9-15(14)28-18(3,4)17(16)24/h8-9,12,16-17,24H,5-7,10-11H2,1-4H3/t16-,17+/m1/s1. The molecule has 29 heavy (non-hydrogen) atoms. The van der Waals surface area contributed by atoms with Crippen LogP contribution in [0.15, 0.2) is 18.2 Å². The molecule has 0 saturated carbocycles. The van der Waals surface area contributed by atoms with Gasteiger partial charge in [-0.2, -0.15) is 17.5 Å². The van der Waals surface area contributed by atoms with E-state index in [1.54, 1.807) is 32.9 Å². The van der Waals surface area contributed by atoms with E-state index >= 15 is 0 Å². The van der Waals surface area contributed by atoms with Crippen LogP contribution in [0.1, 0.15) is 52.1 Å². The van der Waals surface area contributed by atoms with Crippen LogP contribution in [-0.2, 0) is 10.0 Å². The molecule has 0 aromatic heterocycles. The maximum absolute atomic E-state index is 12.6. The minimum atomic E-state index is -4.25. The summed E-state index contributed by atoms with van der Waals surface area (Å²) in [5.74, 6) is 0.558. The minimum absolute atomic E-state index is 0.131. The van der Waals surface area contributed by atoms with Crippen LogP contribution in [0.4, 0.5) is 13.2 Å². The first-order valence-electron chi connectivity index (χ1n) is 9.52. The largest absolute Gasteiger partial charge is 0.494 e. The second-order valence-electron chi connectivity index (χ2n) is 7.47. The molecule has 1 heterocycles. The average Bonchev–Trinajstić information content (AvgIpc) is 2.61. The van der Waals surface area contributed by atoms with Gasteiger partial charge in [-0.05, 0) is 45.4 Å². The van der Waals surface area contributed by atoms with E-state index in [2.05, 4.69) is 0 Å². The Labute approximate surface area is 169 Å². The van der Waals surface area contributed by atoms with E-state index in [1.165, 1.54) is 17.3 Å². The molecule has 1 aliphatic rings. The molecule has 0 bridgehead atoms. The monoisotopic (exact) mass is 439 g/mol. The second kappa shape index (κ2) is 8.69. The lowest BCUT2D eigenvalue weighted by Crippen LogP contribution is -2.54. The molecule has 0 spiro atoms. The van der Waals surface area contributed by atoms with Gasteiger partial charge >= 0.3 is 6.18 Å². The van der Waals surface area contributed by atoms with Crippen molar-refractivity contribution >= 4 is 10.0 Å². The number of benzene rings is 1. The Bertz CT molecular complexity index is 811. The smallest absolute Gasteiger partial charge is 0.389 e. The summed E-state index contributed by atoms with van der Waals surface area (Å²) in [7, 11) is -3.63.